The van der Waals surface area contributed by atoms with E-state index in [-0.39, 0.29) is 35.8 Å². The molecule has 27 heavy (non-hydrogen) atoms. The Morgan fingerprint density at radius 3 is 2.22 bits per heavy atom. The predicted octanol–water partition coefficient (Wildman–Crippen LogP) is 1.42. The summed E-state index contributed by atoms with van der Waals surface area (Å²) in [5.74, 6) is -1.52. The van der Waals surface area contributed by atoms with Crippen LogP contribution in [0.25, 0.3) is 0 Å². The Morgan fingerprint density at radius 1 is 1.19 bits per heavy atom. The van der Waals surface area contributed by atoms with Crippen molar-refractivity contribution in [3.05, 3.63) is 29.8 Å². The molecule has 1 fully saturated rings. The second-order valence-electron chi connectivity index (χ2n) is 6.72. The first-order valence-corrected chi connectivity index (χ1v) is 10.4. The molecule has 0 aliphatic carbocycles. The number of hydrogen-bond acceptors (Lipinski definition) is 5. The largest absolute Gasteiger partial charge is 0.480 e. The van der Waals surface area contributed by atoms with Crippen molar-refractivity contribution in [3.63, 3.8) is 0 Å². The summed E-state index contributed by atoms with van der Waals surface area (Å²) >= 11 is 0. The number of sulfonamides is 1. The molecule has 2 unspecified atom stereocenters. The quantitative estimate of drug-likeness (QED) is 0.745. The highest BCUT2D eigenvalue weighted by Gasteiger charge is 2.32. The number of carbonyl (C=O) groups is 2. The molecule has 1 saturated heterocycles. The highest BCUT2D eigenvalue weighted by molar-refractivity contribution is 7.89. The topological polar surface area (TPSA) is 104 Å². The fourth-order valence-electron chi connectivity index (χ4n) is 3.11. The third-order valence-electron chi connectivity index (χ3n) is 4.23. The Labute approximate surface area is 159 Å². The average molecular weight is 398 g/mol. The number of carboxylic acids is 1. The molecule has 1 aromatic rings. The summed E-state index contributed by atoms with van der Waals surface area (Å²) in [5.41, 5.74) is 0.257. The van der Waals surface area contributed by atoms with E-state index in [1.54, 1.807) is 0 Å². The molecule has 150 valence electrons. The first-order chi connectivity index (χ1) is 12.6. The summed E-state index contributed by atoms with van der Waals surface area (Å²) in [5, 5.41) is 8.96. The van der Waals surface area contributed by atoms with Gasteiger partial charge in [0.2, 0.25) is 10.0 Å². The van der Waals surface area contributed by atoms with Gasteiger partial charge in [0.05, 0.1) is 17.1 Å². The maximum atomic E-state index is 12.8. The van der Waals surface area contributed by atoms with Crippen LogP contribution in [0.5, 0.6) is 0 Å². The molecular formula is C18H26N2O6S. The molecule has 2 atom stereocenters. The van der Waals surface area contributed by atoms with Gasteiger partial charge < -0.3 is 14.7 Å². The van der Waals surface area contributed by atoms with Crippen LogP contribution >= 0.6 is 0 Å². The molecule has 8 nitrogen and oxygen atoms in total. The van der Waals surface area contributed by atoms with E-state index in [9.17, 15) is 18.0 Å². The number of aliphatic carboxylic acids is 1. The molecule has 1 aliphatic heterocycles. The van der Waals surface area contributed by atoms with Gasteiger partial charge in [-0.05, 0) is 44.5 Å². The molecule has 0 radical (unpaired) electrons. The van der Waals surface area contributed by atoms with E-state index in [0.717, 1.165) is 0 Å². The summed E-state index contributed by atoms with van der Waals surface area (Å²) in [6, 6.07) is 5.62. The molecule has 1 N–H and O–H groups in total. The van der Waals surface area contributed by atoms with Crippen LogP contribution in [0, 0.1) is 0 Å². The van der Waals surface area contributed by atoms with E-state index in [2.05, 4.69) is 0 Å². The minimum Gasteiger partial charge on any atom is -0.480 e. The first-order valence-electron chi connectivity index (χ1n) is 8.92. The van der Waals surface area contributed by atoms with Gasteiger partial charge in [0.25, 0.3) is 5.91 Å². The van der Waals surface area contributed by atoms with Crippen molar-refractivity contribution in [1.29, 1.82) is 0 Å². The molecule has 1 aromatic carbocycles. The van der Waals surface area contributed by atoms with Crippen LogP contribution in [0.15, 0.2) is 29.2 Å². The van der Waals surface area contributed by atoms with E-state index < -0.39 is 28.4 Å². The molecule has 9 heteroatoms. The van der Waals surface area contributed by atoms with Gasteiger partial charge >= 0.3 is 5.97 Å². The van der Waals surface area contributed by atoms with E-state index >= 15 is 0 Å². The van der Waals surface area contributed by atoms with Crippen molar-refractivity contribution < 1.29 is 27.9 Å². The Kier molecular flexibility index (Phi) is 6.96. The van der Waals surface area contributed by atoms with Gasteiger partial charge in [-0.25, -0.2) is 8.42 Å². The highest BCUT2D eigenvalue weighted by atomic mass is 32.2. The lowest BCUT2D eigenvalue weighted by Crippen LogP contribution is -2.48. The minimum absolute atomic E-state index is 0.0978. The zero-order valence-electron chi connectivity index (χ0n) is 15.8. The maximum absolute atomic E-state index is 12.8. The molecule has 2 rings (SSSR count). The van der Waals surface area contributed by atoms with Crippen LogP contribution in [-0.4, -0.2) is 73.0 Å². The lowest BCUT2D eigenvalue weighted by Gasteiger charge is -2.34. The summed E-state index contributed by atoms with van der Waals surface area (Å²) in [7, 11) is -3.69. The molecule has 0 saturated carbocycles. The van der Waals surface area contributed by atoms with Gasteiger partial charge in [-0.1, -0.05) is 6.92 Å². The van der Waals surface area contributed by atoms with E-state index in [0.29, 0.717) is 13.0 Å². The van der Waals surface area contributed by atoms with Crippen LogP contribution in [-0.2, 0) is 19.6 Å². The van der Waals surface area contributed by atoms with E-state index in [1.807, 2.05) is 20.8 Å². The molecular weight excluding hydrogens is 372 g/mol. The summed E-state index contributed by atoms with van der Waals surface area (Å²) < 4.78 is 32.6. The zero-order chi connectivity index (χ0) is 20.2. The fourth-order valence-corrected chi connectivity index (χ4v) is 4.70. The van der Waals surface area contributed by atoms with Crippen molar-refractivity contribution in [2.24, 2.45) is 0 Å². The molecule has 1 heterocycles. The van der Waals surface area contributed by atoms with Crippen LogP contribution in [0.4, 0.5) is 0 Å². The van der Waals surface area contributed by atoms with Gasteiger partial charge in [-0.2, -0.15) is 4.31 Å². The number of ether oxygens (including phenoxy) is 1. The third-order valence-corrected chi connectivity index (χ3v) is 6.08. The number of nitrogens with zero attached hydrogens (tertiary/aromatic N) is 2. The normalized spacial score (nSPS) is 21.0. The number of benzene rings is 1. The van der Waals surface area contributed by atoms with Crippen LogP contribution in [0.2, 0.25) is 0 Å². The van der Waals surface area contributed by atoms with Gasteiger partial charge in [-0.15, -0.1) is 0 Å². The average Bonchev–Trinajstić information content (AvgIpc) is 2.59. The van der Waals surface area contributed by atoms with E-state index in [1.165, 1.54) is 33.5 Å². The fraction of sp³-hybridized carbons (Fsp3) is 0.556. The molecule has 1 aliphatic rings. The molecule has 0 spiro atoms. The molecule has 1 amide bonds. The monoisotopic (exact) mass is 398 g/mol. The number of rotatable bonds is 7. The Bertz CT molecular complexity index is 768. The smallest absolute Gasteiger partial charge is 0.323 e. The summed E-state index contributed by atoms with van der Waals surface area (Å²) in [6.45, 7) is 5.97. The number of amides is 1. The lowest BCUT2D eigenvalue weighted by atomic mass is 10.2. The summed E-state index contributed by atoms with van der Waals surface area (Å²) in [4.78, 5) is 24.8. The van der Waals surface area contributed by atoms with Gasteiger partial charge in [0, 0.05) is 25.2 Å². The van der Waals surface area contributed by atoms with Crippen LogP contribution < -0.4 is 0 Å². The molecule has 0 aromatic heterocycles. The van der Waals surface area contributed by atoms with Crippen molar-refractivity contribution in [1.82, 2.24) is 9.21 Å². The Balaban J connectivity index is 2.20. The second kappa shape index (κ2) is 8.81. The van der Waals surface area contributed by atoms with Crippen molar-refractivity contribution in [2.45, 2.75) is 44.3 Å². The number of carbonyl (C=O) groups excluding carboxylic acids is 1. The molecule has 0 bridgehead atoms. The number of morpholine rings is 1. The second-order valence-corrected chi connectivity index (χ2v) is 8.66. The SMILES string of the molecule is CCCN(CC(=O)O)C(=O)c1ccc(S(=O)(=O)N2CC(C)OC(C)C2)cc1. The minimum atomic E-state index is -3.69. The predicted molar refractivity (Wildman–Crippen MR) is 99.0 cm³/mol. The first kappa shape index (κ1) is 21.3. The standard InChI is InChI=1S/C18H26N2O6S/c1-4-9-19(12-17(21)22)18(23)15-5-7-16(8-6-15)27(24,25)20-10-13(2)26-14(3)11-20/h5-8,13-14H,4,9-12H2,1-3H3,(H,21,22). The van der Waals surface area contributed by atoms with Gasteiger partial charge in [0.1, 0.15) is 6.54 Å². The Hall–Kier alpha value is -1.97. The lowest BCUT2D eigenvalue weighted by molar-refractivity contribution is -0.137. The van der Waals surface area contributed by atoms with Crippen molar-refractivity contribution in [2.75, 3.05) is 26.2 Å². The van der Waals surface area contributed by atoms with Gasteiger partial charge in [-0.3, -0.25) is 9.59 Å². The van der Waals surface area contributed by atoms with Crippen LogP contribution in [0.1, 0.15) is 37.6 Å². The van der Waals surface area contributed by atoms with Gasteiger partial charge in [0.15, 0.2) is 0 Å². The van der Waals surface area contributed by atoms with Crippen molar-refractivity contribution >= 4 is 21.9 Å². The third kappa shape index (κ3) is 5.27. The number of carboxylic acid groups (broad SMARTS) is 1. The highest BCUT2D eigenvalue weighted by Crippen LogP contribution is 2.22. The zero-order valence-corrected chi connectivity index (χ0v) is 16.6. The Morgan fingerprint density at radius 2 is 1.74 bits per heavy atom. The van der Waals surface area contributed by atoms with Crippen molar-refractivity contribution in [3.8, 4) is 0 Å². The maximum Gasteiger partial charge on any atom is 0.323 e. The van der Waals surface area contributed by atoms with Crippen LogP contribution in [0.3, 0.4) is 0 Å². The van der Waals surface area contributed by atoms with E-state index in [4.69, 9.17) is 9.84 Å². The number of hydrogen-bond donors (Lipinski definition) is 1. The summed E-state index contributed by atoms with van der Waals surface area (Å²) in [6.07, 6.45) is 0.241.